The van der Waals surface area contributed by atoms with Crippen LogP contribution in [0.2, 0.25) is 0 Å². The molecule has 0 atom stereocenters. The number of hydrogen-bond donors (Lipinski definition) is 1. The lowest BCUT2D eigenvalue weighted by molar-refractivity contribution is 0.0942. The van der Waals surface area contributed by atoms with Crippen molar-refractivity contribution in [3.05, 3.63) is 49.0 Å². The van der Waals surface area contributed by atoms with Crippen molar-refractivity contribution in [1.29, 1.82) is 0 Å². The van der Waals surface area contributed by atoms with Crippen LogP contribution in [0.5, 0.6) is 0 Å². The van der Waals surface area contributed by atoms with Gasteiger partial charge in [0.15, 0.2) is 0 Å². The van der Waals surface area contributed by atoms with E-state index in [0.717, 1.165) is 8.66 Å². The molecule has 21 heavy (non-hydrogen) atoms. The van der Waals surface area contributed by atoms with E-state index in [1.54, 1.807) is 18.4 Å². The van der Waals surface area contributed by atoms with Crippen LogP contribution in [0.25, 0.3) is 0 Å². The highest BCUT2D eigenvalue weighted by molar-refractivity contribution is 9.11. The van der Waals surface area contributed by atoms with Gasteiger partial charge in [-0.3, -0.25) is 9.59 Å². The molecule has 2 heterocycles. The Morgan fingerprint density at radius 2 is 2.24 bits per heavy atom. The van der Waals surface area contributed by atoms with Crippen molar-refractivity contribution in [2.24, 2.45) is 0 Å². The largest absolute Gasteiger partial charge is 0.383 e. The standard InChI is InChI=1S/C13H14BrN3O3S/c1-20-7-6-17-12(18)5-3-10(16-17)13(19)15-8-9-2-4-11(14)21-9/h2-5H,6-8H2,1H3,(H,15,19). The van der Waals surface area contributed by atoms with Crippen molar-refractivity contribution in [2.45, 2.75) is 13.1 Å². The molecule has 1 N–H and O–H groups in total. The fourth-order valence-corrected chi connectivity index (χ4v) is 3.04. The summed E-state index contributed by atoms with van der Waals surface area (Å²) in [7, 11) is 1.54. The second-order valence-corrected chi connectivity index (χ2v) is 6.71. The summed E-state index contributed by atoms with van der Waals surface area (Å²) in [6.45, 7) is 1.10. The highest BCUT2D eigenvalue weighted by Crippen LogP contribution is 2.21. The molecule has 0 saturated carbocycles. The van der Waals surface area contributed by atoms with Crippen LogP contribution in [0.4, 0.5) is 0 Å². The molecule has 0 saturated heterocycles. The van der Waals surface area contributed by atoms with Gasteiger partial charge in [-0.2, -0.15) is 5.10 Å². The Morgan fingerprint density at radius 3 is 2.90 bits per heavy atom. The molecule has 2 aromatic rings. The average Bonchev–Trinajstić information content (AvgIpc) is 2.89. The summed E-state index contributed by atoms with van der Waals surface area (Å²) in [5.41, 5.74) is -0.0490. The molecule has 0 fully saturated rings. The van der Waals surface area contributed by atoms with Crippen LogP contribution in [-0.2, 0) is 17.8 Å². The Labute approximate surface area is 133 Å². The van der Waals surface area contributed by atoms with Gasteiger partial charge < -0.3 is 10.1 Å². The highest BCUT2D eigenvalue weighted by atomic mass is 79.9. The Hall–Kier alpha value is -1.51. The maximum absolute atomic E-state index is 12.0. The first-order chi connectivity index (χ1) is 10.1. The van der Waals surface area contributed by atoms with Crippen LogP contribution in [-0.4, -0.2) is 29.4 Å². The summed E-state index contributed by atoms with van der Waals surface area (Å²) in [5, 5.41) is 6.81. The topological polar surface area (TPSA) is 73.2 Å². The third-order valence-corrected chi connectivity index (χ3v) is 4.28. The van der Waals surface area contributed by atoms with Crippen molar-refractivity contribution in [3.8, 4) is 0 Å². The van der Waals surface area contributed by atoms with Gasteiger partial charge in [0.25, 0.3) is 11.5 Å². The van der Waals surface area contributed by atoms with Crippen molar-refractivity contribution >= 4 is 33.2 Å². The van der Waals surface area contributed by atoms with Gasteiger partial charge in [0.05, 0.1) is 23.5 Å². The summed E-state index contributed by atoms with van der Waals surface area (Å²) in [4.78, 5) is 24.7. The number of ether oxygens (including phenoxy) is 1. The lowest BCUT2D eigenvalue weighted by Crippen LogP contribution is -2.30. The van der Waals surface area contributed by atoms with Gasteiger partial charge in [0.2, 0.25) is 0 Å². The number of halogens is 1. The molecule has 112 valence electrons. The predicted molar refractivity (Wildman–Crippen MR) is 83.6 cm³/mol. The Bertz CT molecular complexity index is 683. The van der Waals surface area contributed by atoms with E-state index in [1.807, 2.05) is 12.1 Å². The maximum atomic E-state index is 12.0. The first-order valence-electron chi connectivity index (χ1n) is 6.19. The molecule has 8 heteroatoms. The lowest BCUT2D eigenvalue weighted by atomic mass is 10.3. The summed E-state index contributed by atoms with van der Waals surface area (Å²) < 4.78 is 7.14. The van der Waals surface area contributed by atoms with Crippen LogP contribution < -0.4 is 10.9 Å². The highest BCUT2D eigenvalue weighted by Gasteiger charge is 2.10. The number of carbonyl (C=O) groups is 1. The number of amides is 1. The zero-order valence-corrected chi connectivity index (χ0v) is 13.7. The zero-order chi connectivity index (χ0) is 15.2. The molecule has 2 aromatic heterocycles. The minimum absolute atomic E-state index is 0.210. The number of aromatic nitrogens is 2. The van der Waals surface area contributed by atoms with Gasteiger partial charge >= 0.3 is 0 Å². The predicted octanol–water partition coefficient (Wildman–Crippen LogP) is 1.64. The number of carbonyl (C=O) groups excluding carboxylic acids is 1. The summed E-state index contributed by atoms with van der Waals surface area (Å²) in [6.07, 6.45) is 0. The quantitative estimate of drug-likeness (QED) is 0.837. The van der Waals surface area contributed by atoms with Crippen LogP contribution in [0.15, 0.2) is 32.8 Å². The molecule has 0 unspecified atom stereocenters. The second kappa shape index (κ2) is 7.48. The molecule has 0 bridgehead atoms. The minimum atomic E-state index is -0.314. The van der Waals surface area contributed by atoms with Gasteiger partial charge in [0, 0.05) is 18.1 Å². The van der Waals surface area contributed by atoms with Crippen LogP contribution >= 0.6 is 27.3 Å². The fourth-order valence-electron chi connectivity index (χ4n) is 1.61. The minimum Gasteiger partial charge on any atom is -0.383 e. The molecule has 0 spiro atoms. The van der Waals surface area contributed by atoms with Gasteiger partial charge in [-0.1, -0.05) is 0 Å². The number of rotatable bonds is 6. The van der Waals surface area contributed by atoms with Crippen LogP contribution in [0, 0.1) is 0 Å². The molecule has 0 aliphatic carbocycles. The van der Waals surface area contributed by atoms with Gasteiger partial charge in [-0.15, -0.1) is 11.3 Å². The van der Waals surface area contributed by atoms with Crippen molar-refractivity contribution < 1.29 is 9.53 Å². The van der Waals surface area contributed by atoms with Gasteiger partial charge in [-0.05, 0) is 34.1 Å². The molecule has 0 radical (unpaired) electrons. The second-order valence-electron chi connectivity index (χ2n) is 4.16. The van der Waals surface area contributed by atoms with Gasteiger partial charge in [0.1, 0.15) is 5.69 Å². The first kappa shape index (κ1) is 15.9. The lowest BCUT2D eigenvalue weighted by Gasteiger charge is -2.06. The van der Waals surface area contributed by atoms with Gasteiger partial charge in [-0.25, -0.2) is 4.68 Å². The molecular weight excluding hydrogens is 358 g/mol. The normalized spacial score (nSPS) is 10.6. The van der Waals surface area contributed by atoms with Crippen molar-refractivity contribution in [3.63, 3.8) is 0 Å². The number of thiophene rings is 1. The average molecular weight is 372 g/mol. The van der Waals surface area contributed by atoms with E-state index in [1.165, 1.54) is 16.8 Å². The summed E-state index contributed by atoms with van der Waals surface area (Å²) in [5.74, 6) is -0.314. The third kappa shape index (κ3) is 4.48. The molecule has 0 aliphatic heterocycles. The maximum Gasteiger partial charge on any atom is 0.272 e. The first-order valence-corrected chi connectivity index (χ1v) is 7.80. The van der Waals surface area contributed by atoms with E-state index in [0.29, 0.717) is 19.7 Å². The smallest absolute Gasteiger partial charge is 0.272 e. The number of methoxy groups -OCH3 is 1. The van der Waals surface area contributed by atoms with E-state index in [4.69, 9.17) is 4.74 Å². The summed E-state index contributed by atoms with van der Waals surface area (Å²) in [6, 6.07) is 6.61. The van der Waals surface area contributed by atoms with Crippen LogP contribution in [0.1, 0.15) is 15.4 Å². The van der Waals surface area contributed by atoms with E-state index < -0.39 is 0 Å². The van der Waals surface area contributed by atoms with Crippen LogP contribution in [0.3, 0.4) is 0 Å². The molecule has 1 amide bonds. The fraction of sp³-hybridized carbons (Fsp3) is 0.308. The molecule has 0 aromatic carbocycles. The molecule has 2 rings (SSSR count). The monoisotopic (exact) mass is 371 g/mol. The Morgan fingerprint density at radius 1 is 1.43 bits per heavy atom. The van der Waals surface area contributed by atoms with Crippen molar-refractivity contribution in [2.75, 3.05) is 13.7 Å². The zero-order valence-electron chi connectivity index (χ0n) is 11.3. The number of hydrogen-bond acceptors (Lipinski definition) is 5. The van der Waals surface area contributed by atoms with E-state index in [-0.39, 0.29) is 17.2 Å². The molecule has 0 aliphatic rings. The van der Waals surface area contributed by atoms with E-state index >= 15 is 0 Å². The SMILES string of the molecule is COCCn1nc(C(=O)NCc2ccc(Br)s2)ccc1=O. The Kier molecular flexibility index (Phi) is 5.66. The van der Waals surface area contributed by atoms with E-state index in [2.05, 4.69) is 26.3 Å². The Balaban J connectivity index is 2.03. The number of nitrogens with zero attached hydrogens (tertiary/aromatic N) is 2. The van der Waals surface area contributed by atoms with E-state index in [9.17, 15) is 9.59 Å². The molecule has 6 nitrogen and oxygen atoms in total. The molecular formula is C13H14BrN3O3S. The third-order valence-electron chi connectivity index (χ3n) is 2.66. The number of nitrogens with one attached hydrogen (secondary N) is 1. The summed E-state index contributed by atoms with van der Waals surface area (Å²) >= 11 is 4.92. The van der Waals surface area contributed by atoms with Crippen molar-refractivity contribution in [1.82, 2.24) is 15.1 Å².